The molecular weight excluding hydrogens is 465 g/mol. The van der Waals surface area contributed by atoms with Gasteiger partial charge in [0.05, 0.1) is 18.9 Å². The lowest BCUT2D eigenvalue weighted by molar-refractivity contribution is -0.115. The molecule has 1 amide bonds. The summed E-state index contributed by atoms with van der Waals surface area (Å²) < 4.78 is 20.8. The van der Waals surface area contributed by atoms with Crippen molar-refractivity contribution >= 4 is 29.0 Å². The summed E-state index contributed by atoms with van der Waals surface area (Å²) in [6, 6.07) is 13.9. The van der Waals surface area contributed by atoms with Crippen LogP contribution in [0.2, 0.25) is 0 Å². The van der Waals surface area contributed by atoms with Gasteiger partial charge in [0, 0.05) is 23.5 Å². The van der Waals surface area contributed by atoms with E-state index in [1.54, 1.807) is 19.2 Å². The first kappa shape index (κ1) is 25.0. The quantitative estimate of drug-likeness (QED) is 0.332. The number of amides is 1. The third-order valence-electron chi connectivity index (χ3n) is 6.22. The molecule has 1 aliphatic carbocycles. The SMILES string of the molecule is CCC(Sc1nnc(CNc2cccc(OC)c2)n1C1CCCCC1)C(=O)Nc1ccc(F)cc1. The van der Waals surface area contributed by atoms with Crippen molar-refractivity contribution in [2.24, 2.45) is 0 Å². The summed E-state index contributed by atoms with van der Waals surface area (Å²) in [5.41, 5.74) is 1.52. The van der Waals surface area contributed by atoms with Crippen LogP contribution in [0.1, 0.15) is 57.3 Å². The highest BCUT2D eigenvalue weighted by Gasteiger charge is 2.27. The molecule has 3 aromatic rings. The van der Waals surface area contributed by atoms with Crippen molar-refractivity contribution in [1.29, 1.82) is 0 Å². The van der Waals surface area contributed by atoms with E-state index in [4.69, 9.17) is 4.74 Å². The predicted octanol–water partition coefficient (Wildman–Crippen LogP) is 6.05. The topological polar surface area (TPSA) is 81.1 Å². The molecule has 1 heterocycles. The summed E-state index contributed by atoms with van der Waals surface area (Å²) in [6.45, 7) is 2.50. The zero-order valence-electron chi connectivity index (χ0n) is 20.2. The van der Waals surface area contributed by atoms with Crippen molar-refractivity contribution < 1.29 is 13.9 Å². The van der Waals surface area contributed by atoms with E-state index in [0.717, 1.165) is 35.3 Å². The van der Waals surface area contributed by atoms with Crippen LogP contribution in [0.4, 0.5) is 15.8 Å². The first-order valence-corrected chi connectivity index (χ1v) is 13.0. The second-order valence-corrected chi connectivity index (χ2v) is 9.83. The van der Waals surface area contributed by atoms with Gasteiger partial charge in [-0.05, 0) is 55.7 Å². The Labute approximate surface area is 209 Å². The van der Waals surface area contributed by atoms with E-state index < -0.39 is 0 Å². The third kappa shape index (κ3) is 6.54. The third-order valence-corrected chi connectivity index (χ3v) is 7.54. The molecule has 35 heavy (non-hydrogen) atoms. The van der Waals surface area contributed by atoms with Crippen LogP contribution in [-0.2, 0) is 11.3 Å². The number of rotatable bonds is 10. The normalized spacial score (nSPS) is 14.9. The molecule has 2 aromatic carbocycles. The van der Waals surface area contributed by atoms with Crippen LogP contribution < -0.4 is 15.4 Å². The molecule has 0 aliphatic heterocycles. The first-order valence-electron chi connectivity index (χ1n) is 12.1. The number of thioether (sulfide) groups is 1. The van der Waals surface area contributed by atoms with Crippen molar-refractivity contribution in [1.82, 2.24) is 14.8 Å². The number of aromatic nitrogens is 3. The van der Waals surface area contributed by atoms with Gasteiger partial charge in [-0.3, -0.25) is 4.79 Å². The van der Waals surface area contributed by atoms with E-state index >= 15 is 0 Å². The molecule has 0 radical (unpaired) electrons. The number of benzene rings is 2. The summed E-state index contributed by atoms with van der Waals surface area (Å²) in [7, 11) is 1.65. The number of hydrogen-bond acceptors (Lipinski definition) is 6. The molecule has 1 saturated carbocycles. The molecule has 7 nitrogen and oxygen atoms in total. The lowest BCUT2D eigenvalue weighted by atomic mass is 9.95. The monoisotopic (exact) mass is 497 g/mol. The molecule has 2 N–H and O–H groups in total. The highest BCUT2D eigenvalue weighted by atomic mass is 32.2. The van der Waals surface area contributed by atoms with E-state index in [9.17, 15) is 9.18 Å². The molecule has 1 atom stereocenters. The van der Waals surface area contributed by atoms with Gasteiger partial charge in [-0.15, -0.1) is 10.2 Å². The average Bonchev–Trinajstić information content (AvgIpc) is 3.30. The zero-order chi connectivity index (χ0) is 24.6. The van der Waals surface area contributed by atoms with Crippen LogP contribution in [0.25, 0.3) is 0 Å². The summed E-state index contributed by atoms with van der Waals surface area (Å²) >= 11 is 1.44. The van der Waals surface area contributed by atoms with Gasteiger partial charge >= 0.3 is 0 Å². The highest BCUT2D eigenvalue weighted by molar-refractivity contribution is 8.00. The average molecular weight is 498 g/mol. The van der Waals surface area contributed by atoms with Crippen molar-refractivity contribution in [3.8, 4) is 5.75 Å². The minimum atomic E-state index is -0.342. The number of nitrogens with zero attached hydrogens (tertiary/aromatic N) is 3. The van der Waals surface area contributed by atoms with Gasteiger partial charge in [0.15, 0.2) is 11.0 Å². The number of methoxy groups -OCH3 is 1. The van der Waals surface area contributed by atoms with Gasteiger partial charge in [0.2, 0.25) is 5.91 Å². The van der Waals surface area contributed by atoms with E-state index in [1.807, 2.05) is 31.2 Å². The number of carbonyl (C=O) groups excluding carboxylic acids is 1. The van der Waals surface area contributed by atoms with Crippen molar-refractivity contribution in [2.45, 2.75) is 68.4 Å². The molecule has 0 spiro atoms. The molecule has 1 fully saturated rings. The Morgan fingerprint density at radius 3 is 2.63 bits per heavy atom. The second-order valence-electron chi connectivity index (χ2n) is 8.66. The Morgan fingerprint density at radius 2 is 1.91 bits per heavy atom. The number of carbonyl (C=O) groups is 1. The maximum Gasteiger partial charge on any atom is 0.237 e. The molecule has 0 bridgehead atoms. The summed E-state index contributed by atoms with van der Waals surface area (Å²) in [5, 5.41) is 15.8. The van der Waals surface area contributed by atoms with E-state index in [2.05, 4.69) is 25.4 Å². The minimum absolute atomic E-state index is 0.127. The van der Waals surface area contributed by atoms with Gasteiger partial charge in [-0.2, -0.15) is 0 Å². The fraction of sp³-hybridized carbons (Fsp3) is 0.423. The number of hydrogen-bond donors (Lipinski definition) is 2. The molecule has 9 heteroatoms. The highest BCUT2D eigenvalue weighted by Crippen LogP contribution is 2.35. The van der Waals surface area contributed by atoms with Crippen molar-refractivity contribution in [3.05, 3.63) is 60.2 Å². The predicted molar refractivity (Wildman–Crippen MR) is 137 cm³/mol. The summed E-state index contributed by atoms with van der Waals surface area (Å²) in [4.78, 5) is 13.0. The van der Waals surface area contributed by atoms with Crippen LogP contribution in [0, 0.1) is 5.82 Å². The molecule has 1 aromatic heterocycles. The maximum absolute atomic E-state index is 13.2. The maximum atomic E-state index is 13.2. The molecule has 1 aliphatic rings. The van der Waals surface area contributed by atoms with E-state index in [0.29, 0.717) is 24.7 Å². The van der Waals surface area contributed by atoms with Crippen LogP contribution in [0.3, 0.4) is 0 Å². The largest absolute Gasteiger partial charge is 0.497 e. The Hall–Kier alpha value is -3.07. The molecular formula is C26H32FN5O2S. The van der Waals surface area contributed by atoms with Gasteiger partial charge in [-0.25, -0.2) is 4.39 Å². The van der Waals surface area contributed by atoms with E-state index in [1.165, 1.54) is 43.2 Å². The van der Waals surface area contributed by atoms with Crippen LogP contribution >= 0.6 is 11.8 Å². The lowest BCUT2D eigenvalue weighted by Gasteiger charge is -2.26. The Bertz CT molecular complexity index is 1120. The van der Waals surface area contributed by atoms with E-state index in [-0.39, 0.29) is 17.0 Å². The van der Waals surface area contributed by atoms with Gasteiger partial charge in [0.25, 0.3) is 0 Å². The number of nitrogens with one attached hydrogen (secondary N) is 2. The Balaban J connectivity index is 1.51. The fourth-order valence-electron chi connectivity index (χ4n) is 4.33. The van der Waals surface area contributed by atoms with Crippen molar-refractivity contribution in [3.63, 3.8) is 0 Å². The van der Waals surface area contributed by atoms with Gasteiger partial charge in [-0.1, -0.05) is 44.0 Å². The molecule has 186 valence electrons. The number of anilines is 2. The summed E-state index contributed by atoms with van der Waals surface area (Å²) in [5.74, 6) is 1.19. The standard InChI is InChI=1S/C26H32FN5O2S/c1-3-23(25(33)29-19-14-12-18(27)13-15-19)35-26-31-30-24(32(26)21-9-5-4-6-10-21)17-28-20-8-7-11-22(16-20)34-2/h7-8,11-16,21,23,28H,3-6,9-10,17H2,1-2H3,(H,29,33). The fourth-order valence-corrected chi connectivity index (χ4v) is 5.38. The molecule has 0 saturated heterocycles. The van der Waals surface area contributed by atoms with Crippen molar-refractivity contribution in [2.75, 3.05) is 17.7 Å². The van der Waals surface area contributed by atoms with Crippen LogP contribution in [0.15, 0.2) is 53.7 Å². The smallest absolute Gasteiger partial charge is 0.237 e. The molecule has 1 unspecified atom stereocenters. The van der Waals surface area contributed by atoms with Crippen LogP contribution in [-0.4, -0.2) is 33.0 Å². The Kier molecular flexibility index (Phi) is 8.63. The number of halogens is 1. The first-order chi connectivity index (χ1) is 17.1. The Morgan fingerprint density at radius 1 is 1.14 bits per heavy atom. The number of ether oxygens (including phenoxy) is 1. The lowest BCUT2D eigenvalue weighted by Crippen LogP contribution is -2.26. The minimum Gasteiger partial charge on any atom is -0.497 e. The van der Waals surface area contributed by atoms with Gasteiger partial charge in [0.1, 0.15) is 11.6 Å². The molecule has 4 rings (SSSR count). The van der Waals surface area contributed by atoms with Gasteiger partial charge < -0.3 is 19.9 Å². The summed E-state index contributed by atoms with van der Waals surface area (Å²) in [6.07, 6.45) is 6.39. The second kappa shape index (κ2) is 12.1. The van der Waals surface area contributed by atoms with Crippen LogP contribution in [0.5, 0.6) is 5.75 Å². The zero-order valence-corrected chi connectivity index (χ0v) is 21.0.